The quantitative estimate of drug-likeness (QED) is 0.745. The molecule has 3 aromatic rings. The van der Waals surface area contributed by atoms with Gasteiger partial charge >= 0.3 is 0 Å². The Morgan fingerprint density at radius 2 is 2.14 bits per heavy atom. The van der Waals surface area contributed by atoms with Crippen LogP contribution in [-0.2, 0) is 0 Å². The van der Waals surface area contributed by atoms with E-state index in [0.29, 0.717) is 0 Å². The smallest absolute Gasteiger partial charge is 0.267 e. The van der Waals surface area contributed by atoms with Gasteiger partial charge in [-0.15, -0.1) is 0 Å². The molecule has 0 saturated carbocycles. The van der Waals surface area contributed by atoms with Gasteiger partial charge in [-0.05, 0) is 29.8 Å². The summed E-state index contributed by atoms with van der Waals surface area (Å²) in [4.78, 5) is 17.1. The zero-order chi connectivity index (χ0) is 20.1. The molecule has 1 aliphatic rings. The molecule has 0 spiro atoms. The molecule has 1 aromatic carbocycles. The lowest BCUT2D eigenvalue weighted by atomic mass is 10.0. The molecular weight excluding hydrogens is 373 g/mol. The number of benzene rings is 1. The second-order valence-electron chi connectivity index (χ2n) is 6.57. The van der Waals surface area contributed by atoms with E-state index >= 15 is 0 Å². The Morgan fingerprint density at radius 3 is 2.86 bits per heavy atom. The Labute approximate surface area is 156 Å². The minimum absolute atomic E-state index is 0.0420. The Morgan fingerprint density at radius 1 is 1.36 bits per heavy atom. The number of rotatable bonds is 3. The third-order valence-electron chi connectivity index (χ3n) is 4.62. The van der Waals surface area contributed by atoms with E-state index in [4.69, 9.17) is 11.0 Å². The van der Waals surface area contributed by atoms with Crippen LogP contribution in [0, 0.1) is 17.1 Å². The van der Waals surface area contributed by atoms with E-state index in [-0.39, 0.29) is 28.2 Å². The van der Waals surface area contributed by atoms with Crippen LogP contribution < -0.4 is 10.6 Å². The molecule has 0 bridgehead atoms. The maximum absolute atomic E-state index is 14.2. The van der Waals surface area contributed by atoms with E-state index in [1.165, 1.54) is 33.9 Å². The van der Waals surface area contributed by atoms with Crippen LogP contribution in [0.15, 0.2) is 36.7 Å². The van der Waals surface area contributed by atoms with Gasteiger partial charge in [0.15, 0.2) is 5.65 Å². The summed E-state index contributed by atoms with van der Waals surface area (Å²) in [5, 5.41) is 13.0. The molecule has 3 heterocycles. The Kier molecular flexibility index (Phi) is 3.96. The summed E-state index contributed by atoms with van der Waals surface area (Å²) >= 11 is 0. The van der Waals surface area contributed by atoms with Gasteiger partial charge in [0.1, 0.15) is 17.2 Å². The highest BCUT2D eigenvalue weighted by Crippen LogP contribution is 2.43. The lowest BCUT2D eigenvalue weighted by Crippen LogP contribution is -2.27. The summed E-state index contributed by atoms with van der Waals surface area (Å²) in [6.07, 6.45) is 2.16. The summed E-state index contributed by atoms with van der Waals surface area (Å²) in [6, 6.07) is 5.96. The molecule has 0 radical (unpaired) electrons. The third kappa shape index (κ3) is 3.00. The highest BCUT2D eigenvalue weighted by molar-refractivity contribution is 5.98. The largest absolute Gasteiger partial charge is 0.365 e. The fourth-order valence-corrected chi connectivity index (χ4v) is 3.42. The Balaban J connectivity index is 1.82. The zero-order valence-corrected chi connectivity index (χ0v) is 14.3. The van der Waals surface area contributed by atoms with Crippen LogP contribution in [0.2, 0.25) is 0 Å². The molecule has 2 N–H and O–H groups in total. The predicted molar refractivity (Wildman–Crippen MR) is 92.3 cm³/mol. The third-order valence-corrected chi connectivity index (χ3v) is 4.62. The van der Waals surface area contributed by atoms with Gasteiger partial charge in [-0.3, -0.25) is 4.79 Å². The van der Waals surface area contributed by atoms with E-state index in [1.807, 2.05) is 6.07 Å². The highest BCUT2D eigenvalue weighted by Gasteiger charge is 2.46. The maximum Gasteiger partial charge on any atom is 0.267 e. The van der Waals surface area contributed by atoms with E-state index in [2.05, 4.69) is 10.1 Å². The van der Waals surface area contributed by atoms with Crippen molar-refractivity contribution in [3.8, 4) is 6.07 Å². The Hall–Kier alpha value is -3.61. The average Bonchev–Trinajstić information content (AvgIpc) is 3.21. The molecule has 1 saturated heterocycles. The molecule has 1 unspecified atom stereocenters. The standard InChI is InChI=1S/C18H13F3N6O/c19-12-4-10(7-22)3-11(5-12)14-6-18(20,21)9-26(14)15-1-2-27-17(25-15)13(8-24-27)16(23)28/h1-5,8,14H,6,9H2,(H2,23,28). The highest BCUT2D eigenvalue weighted by atomic mass is 19.3. The van der Waals surface area contributed by atoms with E-state index < -0.39 is 36.7 Å². The number of carbonyl (C=O) groups excluding carboxylic acids is 1. The van der Waals surface area contributed by atoms with Gasteiger partial charge in [-0.25, -0.2) is 22.7 Å². The van der Waals surface area contributed by atoms with Gasteiger partial charge < -0.3 is 10.6 Å². The first kappa shape index (κ1) is 17.8. The van der Waals surface area contributed by atoms with Gasteiger partial charge in [0.25, 0.3) is 11.8 Å². The van der Waals surface area contributed by atoms with Crippen molar-refractivity contribution < 1.29 is 18.0 Å². The summed E-state index contributed by atoms with van der Waals surface area (Å²) < 4.78 is 43.7. The average molecular weight is 386 g/mol. The van der Waals surface area contributed by atoms with E-state index in [0.717, 1.165) is 12.1 Å². The van der Waals surface area contributed by atoms with Crippen LogP contribution in [0.25, 0.3) is 5.65 Å². The van der Waals surface area contributed by atoms with E-state index in [1.54, 1.807) is 0 Å². The molecular formula is C18H13F3N6O. The number of alkyl halides is 2. The number of hydrogen-bond donors (Lipinski definition) is 1. The van der Waals surface area contributed by atoms with Gasteiger partial charge in [0, 0.05) is 12.6 Å². The van der Waals surface area contributed by atoms with Crippen LogP contribution in [0.4, 0.5) is 19.0 Å². The second-order valence-corrected chi connectivity index (χ2v) is 6.57. The SMILES string of the molecule is N#Cc1cc(F)cc(C2CC(F)(F)CN2c2ccn3ncc(C(N)=O)c3n2)c1. The maximum atomic E-state index is 14.2. The van der Waals surface area contributed by atoms with E-state index in [9.17, 15) is 18.0 Å². The first-order valence-electron chi connectivity index (χ1n) is 8.27. The van der Waals surface area contributed by atoms with Gasteiger partial charge in [0.05, 0.1) is 30.4 Å². The zero-order valence-electron chi connectivity index (χ0n) is 14.3. The van der Waals surface area contributed by atoms with Crippen molar-refractivity contribution in [1.29, 1.82) is 5.26 Å². The van der Waals surface area contributed by atoms with Crippen molar-refractivity contribution in [3.63, 3.8) is 0 Å². The van der Waals surface area contributed by atoms with Crippen LogP contribution in [0.3, 0.4) is 0 Å². The molecule has 28 heavy (non-hydrogen) atoms. The molecule has 2 aromatic heterocycles. The first-order chi connectivity index (χ1) is 13.3. The fraction of sp³-hybridized carbons (Fsp3) is 0.222. The monoisotopic (exact) mass is 386 g/mol. The van der Waals surface area contributed by atoms with Crippen LogP contribution in [-0.4, -0.2) is 33.0 Å². The number of carbonyl (C=O) groups is 1. The minimum atomic E-state index is -3.04. The molecule has 1 aliphatic heterocycles. The normalized spacial score (nSPS) is 18.4. The minimum Gasteiger partial charge on any atom is -0.365 e. The topological polar surface area (TPSA) is 100 Å². The molecule has 4 rings (SSSR count). The molecule has 10 heteroatoms. The molecule has 7 nitrogen and oxygen atoms in total. The van der Waals surface area contributed by atoms with Crippen LogP contribution in [0.1, 0.15) is 33.9 Å². The number of nitriles is 1. The van der Waals surface area contributed by atoms with Gasteiger partial charge in [-0.2, -0.15) is 10.4 Å². The van der Waals surface area contributed by atoms with Crippen molar-refractivity contribution in [2.24, 2.45) is 5.73 Å². The lowest BCUT2D eigenvalue weighted by molar-refractivity contribution is 0.0222. The number of anilines is 1. The molecule has 1 atom stereocenters. The summed E-state index contributed by atoms with van der Waals surface area (Å²) in [5.41, 5.74) is 5.78. The number of primary amides is 1. The van der Waals surface area contributed by atoms with Gasteiger partial charge in [0.2, 0.25) is 0 Å². The van der Waals surface area contributed by atoms with Gasteiger partial charge in [-0.1, -0.05) is 0 Å². The first-order valence-corrected chi connectivity index (χ1v) is 8.27. The number of amides is 1. The summed E-state index contributed by atoms with van der Waals surface area (Å²) in [6.45, 7) is -0.640. The molecule has 1 fully saturated rings. The second kappa shape index (κ2) is 6.23. The Bertz CT molecular complexity index is 1140. The number of nitrogens with two attached hydrogens (primary N) is 1. The number of halogens is 3. The lowest BCUT2D eigenvalue weighted by Gasteiger charge is -2.25. The van der Waals surface area contributed by atoms with Crippen LogP contribution >= 0.6 is 0 Å². The molecule has 0 aliphatic carbocycles. The van der Waals surface area contributed by atoms with Crippen molar-refractivity contribution >= 4 is 17.4 Å². The number of fused-ring (bicyclic) bond motifs is 1. The van der Waals surface area contributed by atoms with Crippen molar-refractivity contribution in [2.75, 3.05) is 11.4 Å². The van der Waals surface area contributed by atoms with Crippen molar-refractivity contribution in [1.82, 2.24) is 14.6 Å². The molecule has 1 amide bonds. The molecule has 142 valence electrons. The number of nitrogens with zero attached hydrogens (tertiary/aromatic N) is 5. The predicted octanol–water partition coefficient (Wildman–Crippen LogP) is 2.43. The number of hydrogen-bond acceptors (Lipinski definition) is 5. The number of aromatic nitrogens is 3. The fourth-order valence-electron chi connectivity index (χ4n) is 3.42. The summed E-state index contributed by atoms with van der Waals surface area (Å²) in [7, 11) is 0. The van der Waals surface area contributed by atoms with Crippen molar-refractivity contribution in [2.45, 2.75) is 18.4 Å². The summed E-state index contributed by atoms with van der Waals surface area (Å²) in [5.74, 6) is -4.30. The van der Waals surface area contributed by atoms with Crippen molar-refractivity contribution in [3.05, 3.63) is 59.2 Å². The van der Waals surface area contributed by atoms with Crippen LogP contribution in [0.5, 0.6) is 0 Å².